The van der Waals surface area contributed by atoms with Gasteiger partial charge >= 0.3 is 0 Å². The van der Waals surface area contributed by atoms with Gasteiger partial charge in [0, 0.05) is 10.4 Å². The average molecular weight is 411 g/mol. The Morgan fingerprint density at radius 3 is 2.59 bits per heavy atom. The molecule has 0 aliphatic heterocycles. The lowest BCUT2D eigenvalue weighted by Crippen LogP contribution is -2.46. The van der Waals surface area contributed by atoms with Crippen molar-refractivity contribution in [1.29, 1.82) is 0 Å². The lowest BCUT2D eigenvalue weighted by molar-refractivity contribution is -0.126. The maximum atomic E-state index is 12.3. The van der Waals surface area contributed by atoms with E-state index in [0.29, 0.717) is 17.0 Å². The molecule has 148 valence electrons. The van der Waals surface area contributed by atoms with Gasteiger partial charge in [-0.05, 0) is 47.1 Å². The van der Waals surface area contributed by atoms with Crippen LogP contribution in [0.2, 0.25) is 0 Å². The van der Waals surface area contributed by atoms with E-state index in [0.717, 1.165) is 15.3 Å². The quantitative estimate of drug-likeness (QED) is 0.678. The van der Waals surface area contributed by atoms with Crippen molar-refractivity contribution < 1.29 is 9.59 Å². The standard InChI is InChI=1S/C18H26N4O3S2/c1-9-10(2)27-17-14(9)16(25)20-12(21-17)8-26-11(3)15(24)19-7-13(23)22-18(4,5)6/h11H,7-8H2,1-6H3,(H,19,24)(H,22,23)(H,20,21,25). The Kier molecular flexibility index (Phi) is 6.69. The van der Waals surface area contributed by atoms with Gasteiger partial charge < -0.3 is 15.6 Å². The summed E-state index contributed by atoms with van der Waals surface area (Å²) in [5.74, 6) is 0.497. The summed E-state index contributed by atoms with van der Waals surface area (Å²) >= 11 is 2.86. The lowest BCUT2D eigenvalue weighted by Gasteiger charge is -2.21. The predicted molar refractivity (Wildman–Crippen MR) is 111 cm³/mol. The highest BCUT2D eigenvalue weighted by Crippen LogP contribution is 2.26. The maximum absolute atomic E-state index is 12.3. The minimum atomic E-state index is -0.375. The molecule has 2 rings (SSSR count). The normalized spacial score (nSPS) is 12.8. The zero-order valence-corrected chi connectivity index (χ0v) is 18.1. The van der Waals surface area contributed by atoms with Gasteiger partial charge in [0.15, 0.2) is 0 Å². The molecule has 9 heteroatoms. The number of hydrogen-bond donors (Lipinski definition) is 3. The number of H-pyrrole nitrogens is 1. The van der Waals surface area contributed by atoms with Crippen LogP contribution < -0.4 is 16.2 Å². The molecule has 1 unspecified atom stereocenters. The molecule has 7 nitrogen and oxygen atoms in total. The van der Waals surface area contributed by atoms with Crippen molar-refractivity contribution in [2.75, 3.05) is 6.54 Å². The molecule has 0 spiro atoms. The van der Waals surface area contributed by atoms with Gasteiger partial charge in [-0.25, -0.2) is 4.98 Å². The van der Waals surface area contributed by atoms with Crippen molar-refractivity contribution in [1.82, 2.24) is 20.6 Å². The number of thiophene rings is 1. The largest absolute Gasteiger partial charge is 0.350 e. The summed E-state index contributed by atoms with van der Waals surface area (Å²) in [6, 6.07) is 0. The first-order valence-corrected chi connectivity index (χ1v) is 10.5. The summed E-state index contributed by atoms with van der Waals surface area (Å²) in [6.45, 7) is 11.2. The molecule has 2 aromatic rings. The number of fused-ring (bicyclic) bond motifs is 1. The van der Waals surface area contributed by atoms with E-state index >= 15 is 0 Å². The second kappa shape index (κ2) is 8.43. The van der Waals surface area contributed by atoms with Crippen LogP contribution in [0.1, 0.15) is 44.0 Å². The van der Waals surface area contributed by atoms with Crippen molar-refractivity contribution in [3.05, 3.63) is 26.6 Å². The van der Waals surface area contributed by atoms with Crippen molar-refractivity contribution in [2.45, 2.75) is 58.1 Å². The lowest BCUT2D eigenvalue weighted by atomic mass is 10.1. The summed E-state index contributed by atoms with van der Waals surface area (Å²) in [7, 11) is 0. The number of carbonyl (C=O) groups is 2. The molecule has 0 aromatic carbocycles. The Labute approximate surface area is 166 Å². The molecular weight excluding hydrogens is 384 g/mol. The minimum absolute atomic E-state index is 0.0597. The topological polar surface area (TPSA) is 104 Å². The van der Waals surface area contributed by atoms with Gasteiger partial charge in [0.25, 0.3) is 5.56 Å². The van der Waals surface area contributed by atoms with Gasteiger partial charge in [-0.2, -0.15) is 0 Å². The second-order valence-electron chi connectivity index (χ2n) is 7.45. The maximum Gasteiger partial charge on any atom is 0.259 e. The summed E-state index contributed by atoms with van der Waals surface area (Å²) in [5.41, 5.74) is 0.481. The zero-order valence-electron chi connectivity index (χ0n) is 16.5. The third-order valence-electron chi connectivity index (χ3n) is 3.86. The summed E-state index contributed by atoms with van der Waals surface area (Å²) in [4.78, 5) is 45.3. The van der Waals surface area contributed by atoms with Crippen LogP contribution in [-0.4, -0.2) is 39.1 Å². The van der Waals surface area contributed by atoms with Gasteiger partial charge in [0.2, 0.25) is 11.8 Å². The first kappa shape index (κ1) is 21.4. The molecule has 0 radical (unpaired) electrons. The summed E-state index contributed by atoms with van der Waals surface area (Å²) in [6.07, 6.45) is 0. The molecule has 3 N–H and O–H groups in total. The number of carbonyl (C=O) groups excluding carboxylic acids is 2. The molecule has 1 atom stereocenters. The van der Waals surface area contributed by atoms with E-state index in [1.807, 2.05) is 34.6 Å². The fourth-order valence-corrected chi connectivity index (χ4v) is 4.25. The monoisotopic (exact) mass is 410 g/mol. The number of nitrogens with zero attached hydrogens (tertiary/aromatic N) is 1. The van der Waals surface area contributed by atoms with Crippen LogP contribution >= 0.6 is 23.1 Å². The first-order chi connectivity index (χ1) is 12.5. The number of aryl methyl sites for hydroxylation is 2. The predicted octanol–water partition coefficient (Wildman–Crippen LogP) is 2.25. The third-order valence-corrected chi connectivity index (χ3v) is 6.12. The number of aromatic nitrogens is 2. The Bertz CT molecular complexity index is 912. The minimum Gasteiger partial charge on any atom is -0.350 e. The molecule has 0 saturated heterocycles. The van der Waals surface area contributed by atoms with Crippen LogP contribution in [0.5, 0.6) is 0 Å². The number of thioether (sulfide) groups is 1. The Morgan fingerprint density at radius 1 is 1.30 bits per heavy atom. The van der Waals surface area contributed by atoms with E-state index in [-0.39, 0.29) is 34.7 Å². The van der Waals surface area contributed by atoms with Crippen LogP contribution in [-0.2, 0) is 15.3 Å². The van der Waals surface area contributed by atoms with E-state index in [2.05, 4.69) is 20.6 Å². The Hall–Kier alpha value is -1.87. The van der Waals surface area contributed by atoms with Crippen molar-refractivity contribution in [2.24, 2.45) is 0 Å². The van der Waals surface area contributed by atoms with Crippen LogP contribution in [0.4, 0.5) is 0 Å². The average Bonchev–Trinajstić information content (AvgIpc) is 2.83. The number of aromatic amines is 1. The third kappa shape index (κ3) is 5.80. The van der Waals surface area contributed by atoms with E-state index in [1.165, 1.54) is 23.1 Å². The van der Waals surface area contributed by atoms with Gasteiger partial charge in [-0.3, -0.25) is 14.4 Å². The van der Waals surface area contributed by atoms with Crippen molar-refractivity contribution >= 4 is 45.1 Å². The number of rotatable bonds is 6. The zero-order chi connectivity index (χ0) is 20.4. The van der Waals surface area contributed by atoms with Crippen molar-refractivity contribution in [3.63, 3.8) is 0 Å². The number of hydrogen-bond acceptors (Lipinski definition) is 6. The van der Waals surface area contributed by atoms with Crippen LogP contribution in [0.15, 0.2) is 4.79 Å². The van der Waals surface area contributed by atoms with Crippen LogP contribution in [0.25, 0.3) is 10.2 Å². The molecule has 0 saturated carbocycles. The highest BCUT2D eigenvalue weighted by Gasteiger charge is 2.18. The SMILES string of the molecule is Cc1sc2nc(CSC(C)C(=O)NCC(=O)NC(C)(C)C)[nH]c(=O)c2c1C. The molecule has 2 heterocycles. The van der Waals surface area contributed by atoms with E-state index in [1.54, 1.807) is 6.92 Å². The Balaban J connectivity index is 1.92. The molecule has 2 aromatic heterocycles. The van der Waals surface area contributed by atoms with Gasteiger partial charge in [-0.15, -0.1) is 23.1 Å². The highest BCUT2D eigenvalue weighted by atomic mass is 32.2. The second-order valence-corrected chi connectivity index (χ2v) is 9.98. The van der Waals surface area contributed by atoms with E-state index < -0.39 is 0 Å². The molecule has 2 amide bonds. The van der Waals surface area contributed by atoms with Gasteiger partial charge in [0.05, 0.1) is 22.9 Å². The molecule has 0 bridgehead atoms. The highest BCUT2D eigenvalue weighted by molar-refractivity contribution is 7.99. The summed E-state index contributed by atoms with van der Waals surface area (Å²) in [5, 5.41) is 5.69. The summed E-state index contributed by atoms with van der Waals surface area (Å²) < 4.78 is 0. The smallest absolute Gasteiger partial charge is 0.259 e. The van der Waals surface area contributed by atoms with Gasteiger partial charge in [-0.1, -0.05) is 0 Å². The Morgan fingerprint density at radius 2 is 1.96 bits per heavy atom. The molecule has 0 fully saturated rings. The number of amides is 2. The van der Waals surface area contributed by atoms with E-state index in [9.17, 15) is 14.4 Å². The van der Waals surface area contributed by atoms with Gasteiger partial charge in [0.1, 0.15) is 10.7 Å². The fourth-order valence-electron chi connectivity index (χ4n) is 2.42. The molecule has 27 heavy (non-hydrogen) atoms. The fraction of sp³-hybridized carbons (Fsp3) is 0.556. The molecule has 0 aliphatic rings. The first-order valence-electron chi connectivity index (χ1n) is 8.67. The van der Waals surface area contributed by atoms with E-state index in [4.69, 9.17) is 0 Å². The molecule has 0 aliphatic carbocycles. The molecular formula is C18H26N4O3S2. The van der Waals surface area contributed by atoms with Crippen molar-refractivity contribution in [3.8, 4) is 0 Å². The van der Waals surface area contributed by atoms with Crippen LogP contribution in [0.3, 0.4) is 0 Å². The number of nitrogens with one attached hydrogen (secondary N) is 3. The van der Waals surface area contributed by atoms with Crippen LogP contribution in [0, 0.1) is 13.8 Å².